The molecule has 4 aromatic heterocycles. The SMILES string of the molecule is CC.CC(C)C1CC1.CC(C)C1CCCC1.CC(C)C1CCCCC1.CC(C)CC(F)(F)F.CC(C)CN1CCCCC1.CC(C)Cc1c[nH]c2ccccc12.CC(C)Cc1ccccc1.CC(C)Cc1ccccc1.CC(C)Cc1cn(C)c2ccccc12.CC(C)Cn1cccn1.CCC(C)C.C[C-]=O.Cc1ccc2c(ccn2CC(C)C)c1.[CH2-]C(C)C.[Y]. The number of nitrogens with one attached hydrogen (secondary N) is 1. The summed E-state index contributed by atoms with van der Waals surface area (Å²) in [6.07, 6.45) is 34.0. The molecule has 7 nitrogen and oxygen atoms in total. The second kappa shape index (κ2) is 75.0. The normalized spacial score (nSPS) is 13.6. The molecule has 126 heavy (non-hydrogen) atoms. The largest absolute Gasteiger partial charge is 0.542 e. The van der Waals surface area contributed by atoms with Gasteiger partial charge in [0.05, 0.1) is 0 Å². The van der Waals surface area contributed by atoms with Gasteiger partial charge >= 0.3 is 6.18 Å². The molecule has 0 amide bonds. The number of likely N-dealkylation sites (tertiary alicyclic amines) is 1. The predicted octanol–water partition coefficient (Wildman–Crippen LogP) is 35.2. The van der Waals surface area contributed by atoms with Crippen molar-refractivity contribution in [2.24, 2.45) is 102 Å². The van der Waals surface area contributed by atoms with Gasteiger partial charge in [-0.2, -0.15) is 31.1 Å². The number of benzene rings is 5. The molecule has 1 N–H and O–H groups in total. The van der Waals surface area contributed by atoms with Crippen molar-refractivity contribution in [1.82, 2.24) is 28.8 Å². The first-order chi connectivity index (χ1) is 59.0. The van der Waals surface area contributed by atoms with Gasteiger partial charge in [-0.3, -0.25) is 11.0 Å². The fourth-order valence-electron chi connectivity index (χ4n) is 14.9. The average Bonchev–Trinajstić information content (AvgIpc) is 1.67. The molecule has 4 fully saturated rings. The smallest absolute Gasteiger partial charge is 0.389 e. The van der Waals surface area contributed by atoms with Crippen LogP contribution in [0.25, 0.3) is 32.7 Å². The molecule has 0 bridgehead atoms. The van der Waals surface area contributed by atoms with Gasteiger partial charge in [-0.25, -0.2) is 0 Å². The Morgan fingerprint density at radius 2 is 0.865 bits per heavy atom. The molecule has 11 heteroatoms. The second-order valence-electron chi connectivity index (χ2n) is 40.4. The Hall–Kier alpha value is -5.55. The minimum Gasteiger partial charge on any atom is -0.542 e. The molecule has 715 valence electrons. The number of piperidine rings is 1. The average molecular weight is 1820 g/mol. The van der Waals surface area contributed by atoms with E-state index in [9.17, 15) is 13.2 Å². The van der Waals surface area contributed by atoms with Crippen LogP contribution < -0.4 is 0 Å². The Morgan fingerprint density at radius 3 is 1.24 bits per heavy atom. The van der Waals surface area contributed by atoms with Crippen molar-refractivity contribution < 1.29 is 50.7 Å². The van der Waals surface area contributed by atoms with Crippen LogP contribution in [0.2, 0.25) is 0 Å². The molecule has 13 rings (SSSR count). The van der Waals surface area contributed by atoms with Crippen LogP contribution in [0.15, 0.2) is 171 Å². The number of aromatic amines is 1. The summed E-state index contributed by atoms with van der Waals surface area (Å²) in [6.45, 7) is 76.5. The maximum Gasteiger partial charge on any atom is 0.389 e. The predicted molar refractivity (Wildman–Crippen MR) is 551 cm³/mol. The van der Waals surface area contributed by atoms with E-state index in [2.05, 4.69) is 370 Å². The number of para-hydroxylation sites is 2. The summed E-state index contributed by atoms with van der Waals surface area (Å²) < 4.78 is 40.4. The molecule has 1 aliphatic heterocycles. The van der Waals surface area contributed by atoms with Gasteiger partial charge in [-0.15, -0.1) is 0 Å². The quantitative estimate of drug-likeness (QED) is 0.0821. The van der Waals surface area contributed by atoms with Crippen LogP contribution in [0.4, 0.5) is 13.2 Å². The molecule has 1 saturated heterocycles. The number of aromatic nitrogens is 5. The Bertz CT molecular complexity index is 3820. The number of fused-ring (bicyclic) bond motifs is 3. The Kier molecular flexibility index (Phi) is 74.2. The standard InChI is InChI=1S/2C13H17N.C12H15N.2C10H14.C9H19N.C9H18.C8H16.C7H12N2.C6H12.C5H9F3.C5H12.C4H9.C2H3O.C2H6.Y/c1-10(2)9-14-7-6-12-8-11(3)4-5-13(12)14;1-10(2)8-11-9-14(3)13-7-5-4-6-12(11)13;1-9(2)7-10-8-13-12-6-4-3-5-11(10)12;3*1-9(2)8-10-6-4-3-5-7-10;1-8(2)9-6-4-3-5-7-9;1-7(2)8-5-3-4-6-8;1-7(2)6-9-5-3-4-8-9;1-5(2)6-3-4-6;1-4(2)3-5(6,7)8;1-4-5(2)3;1-4(2)3;1-2-3;1-2;/h4-8,10H,9H2,1-3H3;4-7,9-10H,8H2,1-3H3;3-6,8-9,13H,7H2,1-2H3;2*3-7,9H,8H2,1-2H3;9H,3-8H2,1-2H3;8-9H,3-7H2,1-2H3;7-8H,3-6H2,1-2H3;3-5,7H,6H2,1-2H3;5-6H,3-4H2,1-2H3;4H,3H2,1-2H3;5H,4H2,1-3H3;4H,1H2,2-3H3;1H3;1-2H3;/q;;;;;;;;;;;;2*-1;;. The number of carbonyl (C=O) groups excluding carboxylic acids is 1. The van der Waals surface area contributed by atoms with Crippen LogP contribution in [-0.2, 0) is 83.3 Å². The van der Waals surface area contributed by atoms with Gasteiger partial charge in [-0.1, -0.05) is 380 Å². The molecule has 3 saturated carbocycles. The third-order valence-electron chi connectivity index (χ3n) is 21.5. The summed E-state index contributed by atoms with van der Waals surface area (Å²) in [5, 5.41) is 8.20. The van der Waals surface area contributed by atoms with Crippen molar-refractivity contribution in [3.63, 3.8) is 0 Å². The van der Waals surface area contributed by atoms with Gasteiger partial charge in [-0.05, 0) is 224 Å². The summed E-state index contributed by atoms with van der Waals surface area (Å²) in [5.41, 5.74) is 11.1. The van der Waals surface area contributed by atoms with E-state index in [1.54, 1.807) is 13.8 Å². The maximum absolute atomic E-state index is 11.3. The molecule has 0 atom stereocenters. The van der Waals surface area contributed by atoms with Crippen molar-refractivity contribution in [3.05, 3.63) is 205 Å². The molecule has 0 unspecified atom stereocenters. The summed E-state index contributed by atoms with van der Waals surface area (Å²) in [4.78, 5) is 14.6. The van der Waals surface area contributed by atoms with Crippen LogP contribution in [0.3, 0.4) is 0 Å². The molecule has 5 heterocycles. The zero-order valence-electron chi connectivity index (χ0n) is 87.1. The first-order valence-electron chi connectivity index (χ1n) is 49.6. The molecule has 5 aromatic carbocycles. The van der Waals surface area contributed by atoms with Gasteiger partial charge in [0.1, 0.15) is 0 Å². The van der Waals surface area contributed by atoms with Crippen LogP contribution in [-0.4, -0.2) is 60.9 Å². The van der Waals surface area contributed by atoms with Crippen molar-refractivity contribution in [2.45, 2.75) is 362 Å². The van der Waals surface area contributed by atoms with E-state index in [4.69, 9.17) is 4.79 Å². The summed E-state index contributed by atoms with van der Waals surface area (Å²) >= 11 is 0. The molecule has 4 aliphatic rings. The van der Waals surface area contributed by atoms with Gasteiger partial charge in [0, 0.05) is 124 Å². The van der Waals surface area contributed by atoms with E-state index < -0.39 is 12.6 Å². The number of H-pyrrole nitrogens is 1. The fourth-order valence-corrected chi connectivity index (χ4v) is 14.9. The number of hydrogen-bond donors (Lipinski definition) is 1. The van der Waals surface area contributed by atoms with Crippen LogP contribution in [0, 0.1) is 109 Å². The van der Waals surface area contributed by atoms with Gasteiger partial charge in [0.2, 0.25) is 0 Å². The number of nitrogens with zero attached hydrogens (tertiary/aromatic N) is 5. The molecular formula is C115H193F3N6OY-2. The second-order valence-corrected chi connectivity index (χ2v) is 40.4. The molecule has 3 aliphatic carbocycles. The third kappa shape index (κ3) is 67.6. The fraction of sp³-hybridized carbons (Fsp3) is 0.643. The summed E-state index contributed by atoms with van der Waals surface area (Å²) in [7, 11) is 2.12. The monoisotopic (exact) mass is 1820 g/mol. The number of rotatable bonds is 19. The molecule has 9 aromatic rings. The van der Waals surface area contributed by atoms with Crippen molar-refractivity contribution >= 4 is 39.0 Å². The van der Waals surface area contributed by atoms with Crippen LogP contribution >= 0.6 is 0 Å². The first kappa shape index (κ1) is 125. The zero-order chi connectivity index (χ0) is 95.0. The molecule has 1 radical (unpaired) electrons. The number of aryl methyl sites for hydroxylation is 2. The summed E-state index contributed by atoms with van der Waals surface area (Å²) in [5.74, 6) is 12.5. The van der Waals surface area contributed by atoms with E-state index in [1.807, 2.05) is 37.0 Å². The third-order valence-corrected chi connectivity index (χ3v) is 21.5. The van der Waals surface area contributed by atoms with E-state index in [0.29, 0.717) is 17.8 Å². The van der Waals surface area contributed by atoms with E-state index in [0.717, 1.165) is 90.5 Å². The van der Waals surface area contributed by atoms with Gasteiger partial charge in [0.15, 0.2) is 0 Å². The molecule has 0 spiro atoms. The van der Waals surface area contributed by atoms with Crippen molar-refractivity contribution in [1.29, 1.82) is 0 Å². The van der Waals surface area contributed by atoms with E-state index in [-0.39, 0.29) is 38.6 Å². The van der Waals surface area contributed by atoms with Crippen molar-refractivity contribution in [2.75, 3.05) is 19.6 Å². The van der Waals surface area contributed by atoms with E-state index in [1.165, 1.54) is 209 Å². The summed E-state index contributed by atoms with van der Waals surface area (Å²) in [6, 6.07) is 49.1. The number of hydrogen-bond acceptors (Lipinski definition) is 3. The Morgan fingerprint density at radius 1 is 0.460 bits per heavy atom. The maximum atomic E-state index is 11.3. The van der Waals surface area contributed by atoms with Gasteiger partial charge < -0.3 is 30.7 Å². The first-order valence-corrected chi connectivity index (χ1v) is 49.6. The van der Waals surface area contributed by atoms with Crippen LogP contribution in [0.5, 0.6) is 0 Å². The van der Waals surface area contributed by atoms with Crippen LogP contribution in [0.1, 0.15) is 338 Å². The van der Waals surface area contributed by atoms with Gasteiger partial charge in [0.25, 0.3) is 0 Å². The Balaban J connectivity index is -0.00000131. The minimum atomic E-state index is -3.98. The van der Waals surface area contributed by atoms with Crippen molar-refractivity contribution in [3.8, 4) is 0 Å². The Labute approximate surface area is 801 Å². The van der Waals surface area contributed by atoms with E-state index >= 15 is 0 Å². The zero-order valence-corrected chi connectivity index (χ0v) is 90.0. The topological polar surface area (TPSA) is 63.8 Å². The minimum absolute atomic E-state index is 0. The molecular weight excluding hydrogens is 1630 g/mol. The number of halogens is 3. The number of alkyl halides is 3.